The smallest absolute Gasteiger partial charge is 0.136 e. The predicted octanol–water partition coefficient (Wildman–Crippen LogP) is 13.3. The van der Waals surface area contributed by atoms with E-state index in [4.69, 9.17) is 4.42 Å². The molecular weight excluding hydrogens is 583 g/mol. The van der Waals surface area contributed by atoms with E-state index in [2.05, 4.69) is 169 Å². The molecule has 0 saturated heterocycles. The Labute approximate surface area is 277 Å². The van der Waals surface area contributed by atoms with Gasteiger partial charge in [0.1, 0.15) is 11.2 Å². The van der Waals surface area contributed by atoms with Crippen molar-refractivity contribution in [3.8, 4) is 11.1 Å². The Morgan fingerprint density at radius 3 is 1.83 bits per heavy atom. The van der Waals surface area contributed by atoms with Crippen molar-refractivity contribution >= 4 is 82.1 Å². The molecule has 10 aromatic rings. The second-order valence-electron chi connectivity index (χ2n) is 12.6. The van der Waals surface area contributed by atoms with Crippen molar-refractivity contribution in [3.63, 3.8) is 0 Å². The molecule has 0 bridgehead atoms. The zero-order valence-corrected chi connectivity index (χ0v) is 26.1. The molecule has 2 heteroatoms. The van der Waals surface area contributed by atoms with Gasteiger partial charge in [-0.05, 0) is 109 Å². The summed E-state index contributed by atoms with van der Waals surface area (Å²) < 4.78 is 6.31. The number of rotatable bonds is 4. The lowest BCUT2D eigenvalue weighted by Crippen LogP contribution is -2.10. The van der Waals surface area contributed by atoms with Crippen LogP contribution in [-0.4, -0.2) is 0 Å². The van der Waals surface area contributed by atoms with Crippen LogP contribution < -0.4 is 4.90 Å². The molecule has 224 valence electrons. The van der Waals surface area contributed by atoms with Gasteiger partial charge in [0.25, 0.3) is 0 Å². The monoisotopic (exact) mass is 611 g/mol. The topological polar surface area (TPSA) is 16.4 Å². The number of hydrogen-bond donors (Lipinski definition) is 0. The minimum atomic E-state index is 0.905. The van der Waals surface area contributed by atoms with E-state index in [-0.39, 0.29) is 0 Å². The van der Waals surface area contributed by atoms with Crippen LogP contribution in [0.3, 0.4) is 0 Å². The minimum absolute atomic E-state index is 0.905. The highest BCUT2D eigenvalue weighted by Crippen LogP contribution is 2.42. The van der Waals surface area contributed by atoms with Crippen LogP contribution in [0.1, 0.15) is 0 Å². The predicted molar refractivity (Wildman–Crippen MR) is 204 cm³/mol. The summed E-state index contributed by atoms with van der Waals surface area (Å²) in [5, 5.41) is 12.2. The molecule has 0 spiro atoms. The van der Waals surface area contributed by atoms with E-state index in [9.17, 15) is 0 Å². The third kappa shape index (κ3) is 4.27. The van der Waals surface area contributed by atoms with Crippen LogP contribution in [0, 0.1) is 0 Å². The number of furan rings is 1. The molecule has 0 radical (unpaired) electrons. The molecule has 1 heterocycles. The van der Waals surface area contributed by atoms with Gasteiger partial charge >= 0.3 is 0 Å². The van der Waals surface area contributed by atoms with Crippen LogP contribution in [-0.2, 0) is 0 Å². The van der Waals surface area contributed by atoms with Gasteiger partial charge in [0.2, 0.25) is 0 Å². The molecule has 0 amide bonds. The fourth-order valence-corrected chi connectivity index (χ4v) is 7.45. The molecule has 0 aliphatic rings. The van der Waals surface area contributed by atoms with E-state index in [1.165, 1.54) is 48.8 Å². The first-order chi connectivity index (χ1) is 23.8. The van der Waals surface area contributed by atoms with Gasteiger partial charge in [-0.1, -0.05) is 121 Å². The maximum absolute atomic E-state index is 6.31. The van der Waals surface area contributed by atoms with Crippen LogP contribution in [0.25, 0.3) is 76.2 Å². The summed E-state index contributed by atoms with van der Waals surface area (Å²) in [5.41, 5.74) is 7.50. The van der Waals surface area contributed by atoms with Crippen LogP contribution in [0.5, 0.6) is 0 Å². The zero-order valence-electron chi connectivity index (χ0n) is 26.1. The number of anilines is 3. The molecule has 48 heavy (non-hydrogen) atoms. The van der Waals surface area contributed by atoms with Crippen molar-refractivity contribution in [2.45, 2.75) is 0 Å². The second kappa shape index (κ2) is 10.6. The Bertz CT molecular complexity index is 2840. The Morgan fingerprint density at radius 1 is 0.312 bits per heavy atom. The Kier molecular flexibility index (Phi) is 5.91. The van der Waals surface area contributed by atoms with Gasteiger partial charge in [-0.15, -0.1) is 0 Å². The molecule has 0 N–H and O–H groups in total. The van der Waals surface area contributed by atoms with Crippen molar-refractivity contribution in [2.75, 3.05) is 4.90 Å². The maximum Gasteiger partial charge on any atom is 0.136 e. The number of nitrogens with zero attached hydrogens (tertiary/aromatic N) is 1. The SMILES string of the molecule is c1ccc(-c2cccc(N(c3ccc4cc5c(cc4c3)oc3ccccc35)c3ccc4ccc5ccc6ccccc6c5c4c3)c2)cc1. The minimum Gasteiger partial charge on any atom is -0.456 e. The lowest BCUT2D eigenvalue weighted by atomic mass is 9.96. The molecule has 0 aliphatic heterocycles. The Balaban J connectivity index is 1.22. The second-order valence-corrected chi connectivity index (χ2v) is 12.6. The van der Waals surface area contributed by atoms with Gasteiger partial charge in [-0.3, -0.25) is 0 Å². The normalized spacial score (nSPS) is 11.8. The number of hydrogen-bond acceptors (Lipinski definition) is 2. The first-order valence-electron chi connectivity index (χ1n) is 16.4. The zero-order chi connectivity index (χ0) is 31.6. The van der Waals surface area contributed by atoms with Crippen LogP contribution >= 0.6 is 0 Å². The third-order valence-electron chi connectivity index (χ3n) is 9.76. The highest BCUT2D eigenvalue weighted by Gasteiger charge is 2.17. The van der Waals surface area contributed by atoms with Crippen LogP contribution in [0.4, 0.5) is 17.1 Å². The maximum atomic E-state index is 6.31. The van der Waals surface area contributed by atoms with E-state index in [0.717, 1.165) is 44.4 Å². The van der Waals surface area contributed by atoms with Gasteiger partial charge in [0.05, 0.1) is 0 Å². The molecule has 1 aromatic heterocycles. The van der Waals surface area contributed by atoms with Crippen molar-refractivity contribution in [2.24, 2.45) is 0 Å². The highest BCUT2D eigenvalue weighted by molar-refractivity contribution is 6.21. The van der Waals surface area contributed by atoms with Crippen molar-refractivity contribution in [1.29, 1.82) is 0 Å². The molecule has 9 aromatic carbocycles. The number of para-hydroxylation sites is 1. The average molecular weight is 612 g/mol. The highest BCUT2D eigenvalue weighted by atomic mass is 16.3. The summed E-state index contributed by atoms with van der Waals surface area (Å²) >= 11 is 0. The molecule has 0 atom stereocenters. The first-order valence-corrected chi connectivity index (χ1v) is 16.4. The van der Waals surface area contributed by atoms with Gasteiger partial charge in [0, 0.05) is 27.8 Å². The summed E-state index contributed by atoms with van der Waals surface area (Å²) in [6.07, 6.45) is 0. The molecule has 0 fully saturated rings. The molecule has 0 unspecified atom stereocenters. The van der Waals surface area contributed by atoms with E-state index < -0.39 is 0 Å². The van der Waals surface area contributed by atoms with E-state index >= 15 is 0 Å². The summed E-state index contributed by atoms with van der Waals surface area (Å²) in [7, 11) is 0. The van der Waals surface area contributed by atoms with Gasteiger partial charge in [-0.2, -0.15) is 0 Å². The van der Waals surface area contributed by atoms with Gasteiger partial charge in [0.15, 0.2) is 0 Å². The Morgan fingerprint density at radius 2 is 0.958 bits per heavy atom. The van der Waals surface area contributed by atoms with E-state index in [1.54, 1.807) is 0 Å². The van der Waals surface area contributed by atoms with Crippen LogP contribution in [0.15, 0.2) is 180 Å². The summed E-state index contributed by atoms with van der Waals surface area (Å²) in [6.45, 7) is 0. The van der Waals surface area contributed by atoms with E-state index in [1.807, 2.05) is 12.1 Å². The van der Waals surface area contributed by atoms with Gasteiger partial charge in [-0.25, -0.2) is 0 Å². The molecule has 0 aliphatic carbocycles. The largest absolute Gasteiger partial charge is 0.456 e. The standard InChI is InChI=1S/C46H29NO/c1-2-9-30(10-3-1)34-12-8-13-37(25-34)47(38-24-22-35-27-43-41-15-6-7-16-44(41)48-45(43)28-36(35)26-38)39-23-21-32-18-20-33-19-17-31-11-4-5-14-40(31)46(33)42(32)29-39/h1-29H. The fourth-order valence-electron chi connectivity index (χ4n) is 7.45. The quantitative estimate of drug-likeness (QED) is 0.184. The molecular formula is C46H29NO. The lowest BCUT2D eigenvalue weighted by molar-refractivity contribution is 0.669. The van der Waals surface area contributed by atoms with Crippen molar-refractivity contribution in [1.82, 2.24) is 0 Å². The Hall–Kier alpha value is -6.38. The summed E-state index contributed by atoms with van der Waals surface area (Å²) in [5.74, 6) is 0. The molecule has 0 saturated carbocycles. The summed E-state index contributed by atoms with van der Waals surface area (Å²) in [4.78, 5) is 2.39. The fraction of sp³-hybridized carbons (Fsp3) is 0. The number of benzene rings is 9. The average Bonchev–Trinajstić information content (AvgIpc) is 3.51. The van der Waals surface area contributed by atoms with Crippen molar-refractivity contribution < 1.29 is 4.42 Å². The summed E-state index contributed by atoms with van der Waals surface area (Å²) in [6, 6.07) is 63.5. The van der Waals surface area contributed by atoms with Crippen LogP contribution in [0.2, 0.25) is 0 Å². The van der Waals surface area contributed by atoms with Crippen molar-refractivity contribution in [3.05, 3.63) is 176 Å². The molecule has 2 nitrogen and oxygen atoms in total. The van der Waals surface area contributed by atoms with E-state index in [0.29, 0.717) is 0 Å². The third-order valence-corrected chi connectivity index (χ3v) is 9.76. The first kappa shape index (κ1) is 26.8. The lowest BCUT2D eigenvalue weighted by Gasteiger charge is -2.27. The number of fused-ring (bicyclic) bond motifs is 9. The van der Waals surface area contributed by atoms with Gasteiger partial charge < -0.3 is 9.32 Å². The molecule has 10 rings (SSSR count).